The minimum Gasteiger partial charge on any atom is -0.497 e. The first kappa shape index (κ1) is 16.1. The molecule has 5 heteroatoms. The fourth-order valence-corrected chi connectivity index (χ4v) is 3.02. The maximum Gasteiger partial charge on any atom is 0.233 e. The van der Waals surface area contributed by atoms with Crippen LogP contribution in [0.3, 0.4) is 0 Å². The molecule has 4 rings (SSSR count). The summed E-state index contributed by atoms with van der Waals surface area (Å²) in [5.41, 5.74) is 3.14. The van der Waals surface area contributed by atoms with E-state index < -0.39 is 0 Å². The standard InChI is InChI=1S/C21H18N2O3/c1-25-16-9-10-17-19(12-16)23(14-15-6-3-2-4-7-15)21(24)13-18(22-17)20-8-5-11-26-20/h2-12H,13-14H2,1H3. The molecule has 5 nitrogen and oxygen atoms in total. The van der Waals surface area contributed by atoms with Gasteiger partial charge in [0.15, 0.2) is 0 Å². The largest absolute Gasteiger partial charge is 0.497 e. The van der Waals surface area contributed by atoms with Gasteiger partial charge in [-0.1, -0.05) is 30.3 Å². The minimum atomic E-state index is -0.0315. The number of ether oxygens (including phenoxy) is 1. The maximum atomic E-state index is 13.0. The van der Waals surface area contributed by atoms with E-state index in [2.05, 4.69) is 0 Å². The van der Waals surface area contributed by atoms with Crippen LogP contribution < -0.4 is 9.64 Å². The Hall–Kier alpha value is -3.34. The van der Waals surface area contributed by atoms with E-state index in [1.165, 1.54) is 0 Å². The molecular weight excluding hydrogens is 328 g/mol. The van der Waals surface area contributed by atoms with Crippen LogP contribution in [0, 0.1) is 0 Å². The van der Waals surface area contributed by atoms with Gasteiger partial charge in [0.2, 0.25) is 5.91 Å². The molecule has 2 heterocycles. The van der Waals surface area contributed by atoms with Crippen molar-refractivity contribution >= 4 is 23.0 Å². The molecule has 3 aromatic rings. The van der Waals surface area contributed by atoms with Crippen LogP contribution in [-0.4, -0.2) is 18.7 Å². The van der Waals surface area contributed by atoms with Crippen LogP contribution in [0.4, 0.5) is 11.4 Å². The Labute approximate surface area is 151 Å². The van der Waals surface area contributed by atoms with Gasteiger partial charge < -0.3 is 14.1 Å². The monoisotopic (exact) mass is 346 g/mol. The van der Waals surface area contributed by atoms with Crippen molar-refractivity contribution in [2.45, 2.75) is 13.0 Å². The van der Waals surface area contributed by atoms with Crippen molar-refractivity contribution in [1.82, 2.24) is 0 Å². The molecule has 0 fully saturated rings. The van der Waals surface area contributed by atoms with E-state index in [4.69, 9.17) is 14.1 Å². The number of nitrogens with zero attached hydrogens (tertiary/aromatic N) is 2. The summed E-state index contributed by atoms with van der Waals surface area (Å²) in [6.45, 7) is 0.473. The van der Waals surface area contributed by atoms with Gasteiger partial charge in [-0.15, -0.1) is 0 Å². The number of aliphatic imine (C=N–C) groups is 1. The molecule has 0 N–H and O–H groups in total. The number of methoxy groups -OCH3 is 1. The molecule has 0 atom stereocenters. The highest BCUT2D eigenvalue weighted by molar-refractivity contribution is 6.16. The van der Waals surface area contributed by atoms with Gasteiger partial charge in [-0.3, -0.25) is 4.79 Å². The van der Waals surface area contributed by atoms with Crippen molar-refractivity contribution in [2.75, 3.05) is 12.0 Å². The number of anilines is 1. The molecule has 0 bridgehead atoms. The average molecular weight is 346 g/mol. The third-order valence-corrected chi connectivity index (χ3v) is 4.34. The smallest absolute Gasteiger partial charge is 0.233 e. The van der Waals surface area contributed by atoms with E-state index >= 15 is 0 Å². The molecule has 1 aromatic heterocycles. The average Bonchev–Trinajstić information content (AvgIpc) is 3.17. The minimum absolute atomic E-state index is 0.0315. The predicted octanol–water partition coefficient (Wildman–Crippen LogP) is 4.35. The first-order valence-electron chi connectivity index (χ1n) is 8.38. The molecule has 1 aliphatic heterocycles. The molecule has 26 heavy (non-hydrogen) atoms. The topological polar surface area (TPSA) is 55.0 Å². The molecular formula is C21H18N2O3. The van der Waals surface area contributed by atoms with E-state index in [1.807, 2.05) is 54.6 Å². The SMILES string of the molecule is COc1ccc2c(c1)N(Cc1ccccc1)C(=O)CC(c1ccco1)=N2. The van der Waals surface area contributed by atoms with Crippen LogP contribution >= 0.6 is 0 Å². The van der Waals surface area contributed by atoms with Crippen LogP contribution in [0.1, 0.15) is 17.7 Å². The van der Waals surface area contributed by atoms with Gasteiger partial charge in [-0.05, 0) is 29.8 Å². The van der Waals surface area contributed by atoms with Crippen LogP contribution in [0.25, 0.3) is 0 Å². The summed E-state index contributed by atoms with van der Waals surface area (Å²) in [5, 5.41) is 0. The summed E-state index contributed by atoms with van der Waals surface area (Å²) in [7, 11) is 1.61. The number of hydrogen-bond acceptors (Lipinski definition) is 4. The van der Waals surface area contributed by atoms with Crippen LogP contribution in [0.15, 0.2) is 76.3 Å². The van der Waals surface area contributed by atoms with Gasteiger partial charge in [0.25, 0.3) is 0 Å². The van der Waals surface area contributed by atoms with Gasteiger partial charge in [-0.25, -0.2) is 4.99 Å². The molecule has 0 spiro atoms. The molecule has 2 aromatic carbocycles. The highest BCUT2D eigenvalue weighted by Gasteiger charge is 2.26. The Kier molecular flexibility index (Phi) is 4.27. The number of fused-ring (bicyclic) bond motifs is 1. The fraction of sp³-hybridized carbons (Fsp3) is 0.143. The maximum absolute atomic E-state index is 13.0. The van der Waals surface area contributed by atoms with Crippen molar-refractivity contribution in [3.63, 3.8) is 0 Å². The molecule has 0 aliphatic carbocycles. The number of amides is 1. The zero-order valence-electron chi connectivity index (χ0n) is 14.4. The molecule has 0 saturated heterocycles. The fourth-order valence-electron chi connectivity index (χ4n) is 3.02. The second-order valence-corrected chi connectivity index (χ2v) is 6.03. The molecule has 0 unspecified atom stereocenters. The number of furan rings is 1. The number of hydrogen-bond donors (Lipinski definition) is 0. The summed E-state index contributed by atoms with van der Waals surface area (Å²) in [6.07, 6.45) is 1.77. The predicted molar refractivity (Wildman–Crippen MR) is 100 cm³/mol. The number of rotatable bonds is 4. The van der Waals surface area contributed by atoms with Crippen molar-refractivity contribution < 1.29 is 13.9 Å². The van der Waals surface area contributed by atoms with Gasteiger partial charge in [0, 0.05) is 6.07 Å². The second-order valence-electron chi connectivity index (χ2n) is 6.03. The van der Waals surface area contributed by atoms with Crippen LogP contribution in [0.5, 0.6) is 5.75 Å². The lowest BCUT2D eigenvalue weighted by molar-refractivity contribution is -0.117. The Morgan fingerprint density at radius 3 is 2.69 bits per heavy atom. The number of benzene rings is 2. The lowest BCUT2D eigenvalue weighted by atomic mass is 10.1. The van der Waals surface area contributed by atoms with Gasteiger partial charge in [0.05, 0.1) is 43.4 Å². The summed E-state index contributed by atoms with van der Waals surface area (Å²) in [5.74, 6) is 1.27. The molecule has 1 amide bonds. The van der Waals surface area contributed by atoms with Crippen molar-refractivity contribution in [2.24, 2.45) is 4.99 Å². The number of carbonyl (C=O) groups is 1. The first-order valence-corrected chi connectivity index (χ1v) is 8.38. The van der Waals surface area contributed by atoms with Gasteiger partial charge in [0.1, 0.15) is 11.5 Å². The summed E-state index contributed by atoms with van der Waals surface area (Å²) in [6, 6.07) is 19.1. The first-order chi connectivity index (χ1) is 12.7. The van der Waals surface area contributed by atoms with Gasteiger partial charge in [-0.2, -0.15) is 0 Å². The Morgan fingerprint density at radius 1 is 1.12 bits per heavy atom. The quantitative estimate of drug-likeness (QED) is 0.706. The van der Waals surface area contributed by atoms with E-state index in [0.29, 0.717) is 23.8 Å². The van der Waals surface area contributed by atoms with Crippen molar-refractivity contribution in [1.29, 1.82) is 0 Å². The Morgan fingerprint density at radius 2 is 1.96 bits per heavy atom. The van der Waals surface area contributed by atoms with E-state index in [0.717, 1.165) is 16.9 Å². The van der Waals surface area contributed by atoms with E-state index in [-0.39, 0.29) is 12.3 Å². The van der Waals surface area contributed by atoms with Crippen LogP contribution in [0.2, 0.25) is 0 Å². The normalized spacial score (nSPS) is 13.8. The van der Waals surface area contributed by atoms with Crippen LogP contribution in [-0.2, 0) is 11.3 Å². The summed E-state index contributed by atoms with van der Waals surface area (Å²) in [4.78, 5) is 19.5. The number of carbonyl (C=O) groups excluding carboxylic acids is 1. The lowest BCUT2D eigenvalue weighted by Crippen LogP contribution is -2.31. The molecule has 0 radical (unpaired) electrons. The zero-order valence-corrected chi connectivity index (χ0v) is 14.4. The Balaban J connectivity index is 1.79. The molecule has 130 valence electrons. The van der Waals surface area contributed by atoms with Gasteiger partial charge >= 0.3 is 0 Å². The molecule has 0 saturated carbocycles. The third-order valence-electron chi connectivity index (χ3n) is 4.34. The van der Waals surface area contributed by atoms with E-state index in [1.54, 1.807) is 24.3 Å². The van der Waals surface area contributed by atoms with Crippen molar-refractivity contribution in [3.8, 4) is 5.75 Å². The zero-order chi connectivity index (χ0) is 17.9. The Bertz CT molecular complexity index is 947. The molecule has 1 aliphatic rings. The van der Waals surface area contributed by atoms with Crippen molar-refractivity contribution in [3.05, 3.63) is 78.3 Å². The highest BCUT2D eigenvalue weighted by atomic mass is 16.5. The summed E-state index contributed by atoms with van der Waals surface area (Å²) < 4.78 is 10.8. The highest BCUT2D eigenvalue weighted by Crippen LogP contribution is 2.37. The third kappa shape index (κ3) is 3.11. The summed E-state index contributed by atoms with van der Waals surface area (Å²) >= 11 is 0. The van der Waals surface area contributed by atoms with E-state index in [9.17, 15) is 4.79 Å². The second kappa shape index (κ2) is 6.88. The lowest BCUT2D eigenvalue weighted by Gasteiger charge is -2.23.